The molecule has 0 radical (unpaired) electrons. The number of carbonyl (C=O) groups is 5. The number of primary amides is 1. The van der Waals surface area contributed by atoms with Crippen LogP contribution in [0.3, 0.4) is 0 Å². The minimum atomic E-state index is -1.54. The zero-order valence-electron chi connectivity index (χ0n) is 20.7. The second-order valence-electron chi connectivity index (χ2n) is 8.67. The molecule has 1 heterocycles. The molecule has 0 bridgehead atoms. The van der Waals surface area contributed by atoms with Crippen LogP contribution in [0.5, 0.6) is 0 Å². The number of carbonyl (C=O) groups excluding carboxylic acids is 4. The number of aromatic amines is 1. The predicted molar refractivity (Wildman–Crippen MR) is 130 cm³/mol. The van der Waals surface area contributed by atoms with Crippen molar-refractivity contribution in [3.05, 3.63) is 18.2 Å². The molecule has 1 aromatic rings. The summed E-state index contributed by atoms with van der Waals surface area (Å²) in [6, 6.07) is -4.62. The SMILES string of the molecule is CCC(C)C(NC(=O)C(CCCCN)NC(=O)C(N)Cc1cnc[nH]1)C(=O)NC(CC(N)=O)C(=O)O. The van der Waals surface area contributed by atoms with Crippen LogP contribution in [0.25, 0.3) is 0 Å². The molecule has 0 fully saturated rings. The van der Waals surface area contributed by atoms with Gasteiger partial charge in [-0.05, 0) is 31.7 Å². The van der Waals surface area contributed by atoms with Gasteiger partial charge in [0.25, 0.3) is 0 Å². The van der Waals surface area contributed by atoms with Crippen LogP contribution in [0.1, 0.15) is 51.6 Å². The summed E-state index contributed by atoms with van der Waals surface area (Å²) in [5.41, 5.74) is 17.3. The highest BCUT2D eigenvalue weighted by Crippen LogP contribution is 2.11. The highest BCUT2D eigenvalue weighted by molar-refractivity contribution is 5.95. The van der Waals surface area contributed by atoms with Gasteiger partial charge in [-0.1, -0.05) is 20.3 Å². The molecule has 0 aliphatic rings. The Balaban J connectivity index is 2.98. The molecule has 0 saturated heterocycles. The van der Waals surface area contributed by atoms with E-state index in [9.17, 15) is 29.1 Å². The molecule has 0 aliphatic carbocycles. The van der Waals surface area contributed by atoms with Gasteiger partial charge < -0.3 is 43.2 Å². The lowest BCUT2D eigenvalue weighted by molar-refractivity contribution is -0.144. The number of hydrogen-bond donors (Lipinski definition) is 8. The number of nitrogens with two attached hydrogens (primary N) is 3. The molecule has 0 spiro atoms. The molecule has 1 rings (SSSR count). The number of amides is 4. The molecular formula is C22H38N8O6. The smallest absolute Gasteiger partial charge is 0.326 e. The predicted octanol–water partition coefficient (Wildman–Crippen LogP) is -2.13. The topological polar surface area (TPSA) is 248 Å². The second-order valence-corrected chi connectivity index (χ2v) is 8.67. The number of nitrogens with one attached hydrogen (secondary N) is 4. The first-order valence-electron chi connectivity index (χ1n) is 11.8. The van der Waals surface area contributed by atoms with Gasteiger partial charge in [0.05, 0.1) is 18.8 Å². The number of nitrogens with zero attached hydrogens (tertiary/aromatic N) is 1. The Hall–Kier alpha value is -3.52. The number of carboxylic acids is 1. The van der Waals surface area contributed by atoms with E-state index in [1.165, 1.54) is 12.5 Å². The number of hydrogen-bond acceptors (Lipinski definition) is 8. The summed E-state index contributed by atoms with van der Waals surface area (Å²) in [4.78, 5) is 68.1. The van der Waals surface area contributed by atoms with E-state index >= 15 is 0 Å². The number of H-pyrrole nitrogens is 1. The van der Waals surface area contributed by atoms with Crippen molar-refractivity contribution in [3.63, 3.8) is 0 Å². The molecule has 0 aromatic carbocycles. The Bertz CT molecular complexity index is 878. The zero-order valence-corrected chi connectivity index (χ0v) is 20.7. The zero-order chi connectivity index (χ0) is 27.3. The third-order valence-corrected chi connectivity index (χ3v) is 5.72. The van der Waals surface area contributed by atoms with Crippen LogP contribution in [0.4, 0.5) is 0 Å². The lowest BCUT2D eigenvalue weighted by Gasteiger charge is -2.28. The summed E-state index contributed by atoms with van der Waals surface area (Å²) in [5.74, 6) is -4.70. The Kier molecular flexibility index (Phi) is 13.1. The first-order chi connectivity index (χ1) is 17.0. The summed E-state index contributed by atoms with van der Waals surface area (Å²) < 4.78 is 0. The summed E-state index contributed by atoms with van der Waals surface area (Å²) in [5, 5.41) is 16.8. The number of aliphatic carboxylic acids is 1. The van der Waals surface area contributed by atoms with E-state index in [0.717, 1.165) is 0 Å². The molecule has 0 aliphatic heterocycles. The van der Waals surface area contributed by atoms with E-state index in [2.05, 4.69) is 25.9 Å². The monoisotopic (exact) mass is 510 g/mol. The number of aromatic nitrogens is 2. The second kappa shape index (κ2) is 15.5. The maximum absolute atomic E-state index is 13.2. The number of imidazole rings is 1. The van der Waals surface area contributed by atoms with E-state index < -0.39 is 60.2 Å². The van der Waals surface area contributed by atoms with Crippen molar-refractivity contribution in [1.82, 2.24) is 25.9 Å². The largest absolute Gasteiger partial charge is 0.480 e. The fourth-order valence-corrected chi connectivity index (χ4v) is 3.38. The highest BCUT2D eigenvalue weighted by atomic mass is 16.4. The molecule has 202 valence electrons. The van der Waals surface area contributed by atoms with Gasteiger partial charge in [-0.15, -0.1) is 0 Å². The van der Waals surface area contributed by atoms with Gasteiger partial charge in [-0.25, -0.2) is 9.78 Å². The van der Waals surface area contributed by atoms with Crippen molar-refractivity contribution in [1.29, 1.82) is 0 Å². The van der Waals surface area contributed by atoms with Gasteiger partial charge in [0.1, 0.15) is 18.1 Å². The van der Waals surface area contributed by atoms with Crippen LogP contribution in [-0.2, 0) is 30.4 Å². The Morgan fingerprint density at radius 1 is 1.06 bits per heavy atom. The van der Waals surface area contributed by atoms with Gasteiger partial charge in [0.15, 0.2) is 0 Å². The Morgan fingerprint density at radius 2 is 1.72 bits per heavy atom. The molecule has 14 heteroatoms. The van der Waals surface area contributed by atoms with Crippen molar-refractivity contribution in [3.8, 4) is 0 Å². The maximum atomic E-state index is 13.2. The van der Waals surface area contributed by atoms with Crippen LogP contribution in [0, 0.1) is 5.92 Å². The molecule has 4 amide bonds. The first-order valence-corrected chi connectivity index (χ1v) is 11.8. The van der Waals surface area contributed by atoms with Crippen LogP contribution in [-0.4, -0.2) is 75.4 Å². The van der Waals surface area contributed by atoms with Crippen LogP contribution in [0.2, 0.25) is 0 Å². The fraction of sp³-hybridized carbons (Fsp3) is 0.636. The van der Waals surface area contributed by atoms with E-state index in [1.807, 2.05) is 0 Å². The fourth-order valence-electron chi connectivity index (χ4n) is 3.38. The van der Waals surface area contributed by atoms with Gasteiger partial charge >= 0.3 is 5.97 Å². The molecule has 11 N–H and O–H groups in total. The summed E-state index contributed by atoms with van der Waals surface area (Å²) in [6.45, 7) is 3.90. The molecule has 14 nitrogen and oxygen atoms in total. The lowest BCUT2D eigenvalue weighted by Crippen LogP contribution is -2.59. The van der Waals surface area contributed by atoms with E-state index in [1.54, 1.807) is 13.8 Å². The van der Waals surface area contributed by atoms with Crippen molar-refractivity contribution in [2.24, 2.45) is 23.1 Å². The van der Waals surface area contributed by atoms with Crippen LogP contribution >= 0.6 is 0 Å². The molecule has 1 aromatic heterocycles. The first kappa shape index (κ1) is 30.5. The minimum absolute atomic E-state index is 0.178. The van der Waals surface area contributed by atoms with Gasteiger partial charge in [-0.3, -0.25) is 19.2 Å². The van der Waals surface area contributed by atoms with Gasteiger partial charge in [0, 0.05) is 18.3 Å². The highest BCUT2D eigenvalue weighted by Gasteiger charge is 2.33. The van der Waals surface area contributed by atoms with Crippen molar-refractivity contribution < 1.29 is 29.1 Å². The average Bonchev–Trinajstić information content (AvgIpc) is 3.33. The van der Waals surface area contributed by atoms with Crippen LogP contribution < -0.4 is 33.2 Å². The normalized spacial score (nSPS) is 15.1. The quantitative estimate of drug-likeness (QED) is 0.106. The Labute approximate surface area is 209 Å². The van der Waals surface area contributed by atoms with Crippen molar-refractivity contribution in [2.75, 3.05) is 6.54 Å². The van der Waals surface area contributed by atoms with Gasteiger partial charge in [0.2, 0.25) is 23.6 Å². The Morgan fingerprint density at radius 3 is 2.25 bits per heavy atom. The van der Waals surface area contributed by atoms with Gasteiger partial charge in [-0.2, -0.15) is 0 Å². The van der Waals surface area contributed by atoms with Crippen LogP contribution in [0.15, 0.2) is 12.5 Å². The third kappa shape index (κ3) is 10.4. The van der Waals surface area contributed by atoms with E-state index in [0.29, 0.717) is 31.5 Å². The lowest BCUT2D eigenvalue weighted by atomic mass is 9.96. The molecular weight excluding hydrogens is 472 g/mol. The average molecular weight is 511 g/mol. The summed E-state index contributed by atoms with van der Waals surface area (Å²) in [6.07, 6.45) is 4.45. The third-order valence-electron chi connectivity index (χ3n) is 5.72. The number of unbranched alkanes of at least 4 members (excludes halogenated alkanes) is 1. The standard InChI is InChI=1S/C22H38N8O6/c1-3-12(2)18(21(34)29-16(22(35)36)9-17(25)31)30-20(33)15(6-4-5-7-23)28-19(32)14(24)8-13-10-26-11-27-13/h10-12,14-16,18H,3-9,23-24H2,1-2H3,(H2,25,31)(H,26,27)(H,28,32)(H,29,34)(H,30,33)(H,35,36). The number of carboxylic acid groups (broad SMARTS) is 1. The molecule has 36 heavy (non-hydrogen) atoms. The van der Waals surface area contributed by atoms with E-state index in [4.69, 9.17) is 17.2 Å². The summed E-state index contributed by atoms with van der Waals surface area (Å²) >= 11 is 0. The van der Waals surface area contributed by atoms with Crippen molar-refractivity contribution >= 4 is 29.6 Å². The molecule has 5 unspecified atom stereocenters. The van der Waals surface area contributed by atoms with E-state index in [-0.39, 0.29) is 18.8 Å². The van der Waals surface area contributed by atoms with Crippen molar-refractivity contribution in [2.45, 2.75) is 76.5 Å². The number of rotatable bonds is 17. The molecule has 5 atom stereocenters. The molecule has 0 saturated carbocycles. The summed E-state index contributed by atoms with van der Waals surface area (Å²) in [7, 11) is 0. The minimum Gasteiger partial charge on any atom is -0.480 e. The maximum Gasteiger partial charge on any atom is 0.326 e.